The molecule has 0 aliphatic heterocycles. The zero-order valence-electron chi connectivity index (χ0n) is 17.2. The van der Waals surface area contributed by atoms with Gasteiger partial charge in [0.1, 0.15) is 12.4 Å². The summed E-state index contributed by atoms with van der Waals surface area (Å²) in [6.07, 6.45) is 2.76. The Morgan fingerprint density at radius 2 is 2.07 bits per heavy atom. The van der Waals surface area contributed by atoms with Crippen molar-refractivity contribution in [3.8, 4) is 5.75 Å². The van der Waals surface area contributed by atoms with Gasteiger partial charge in [0.15, 0.2) is 5.96 Å². The van der Waals surface area contributed by atoms with Gasteiger partial charge in [0.05, 0.1) is 5.69 Å². The van der Waals surface area contributed by atoms with Gasteiger partial charge in [0, 0.05) is 42.0 Å². The molecule has 0 aliphatic rings. The van der Waals surface area contributed by atoms with Gasteiger partial charge in [-0.25, -0.2) is 0 Å². The lowest BCUT2D eigenvalue weighted by atomic mass is 10.2. The molecule has 0 radical (unpaired) electrons. The first-order chi connectivity index (χ1) is 14.1. The highest BCUT2D eigenvalue weighted by Gasteiger charge is 2.08. The van der Waals surface area contributed by atoms with Crippen LogP contribution in [0.1, 0.15) is 27.9 Å². The number of ether oxygens (including phenoxy) is 1. The highest BCUT2D eigenvalue weighted by Crippen LogP contribution is 2.17. The van der Waals surface area contributed by atoms with E-state index in [9.17, 15) is 0 Å². The first-order valence-electron chi connectivity index (χ1n) is 9.76. The third-order valence-electron chi connectivity index (χ3n) is 4.38. The maximum absolute atomic E-state index is 5.86. The van der Waals surface area contributed by atoms with Crippen LogP contribution in [0.4, 0.5) is 0 Å². The predicted octanol–water partition coefficient (Wildman–Crippen LogP) is 4.33. The van der Waals surface area contributed by atoms with E-state index in [4.69, 9.17) is 4.74 Å². The Kier molecular flexibility index (Phi) is 7.64. The van der Waals surface area contributed by atoms with Gasteiger partial charge in [-0.2, -0.15) is 0 Å². The van der Waals surface area contributed by atoms with E-state index in [0.717, 1.165) is 29.4 Å². The average molecular weight is 409 g/mol. The molecule has 0 saturated carbocycles. The molecule has 3 aromatic rings. The van der Waals surface area contributed by atoms with Crippen LogP contribution in [-0.2, 0) is 19.6 Å². The van der Waals surface area contributed by atoms with E-state index in [1.54, 1.807) is 13.2 Å². The SMILES string of the molecule is CN=C(NCc1cccc(OCc2ccccn2)c1)NC(C)Cc1ccc(C)s1. The van der Waals surface area contributed by atoms with Crippen molar-refractivity contribution in [1.29, 1.82) is 0 Å². The number of aromatic nitrogens is 1. The van der Waals surface area contributed by atoms with Crippen LogP contribution in [0.2, 0.25) is 0 Å². The van der Waals surface area contributed by atoms with Gasteiger partial charge in [0.2, 0.25) is 0 Å². The van der Waals surface area contributed by atoms with Gasteiger partial charge < -0.3 is 15.4 Å². The van der Waals surface area contributed by atoms with Crippen LogP contribution < -0.4 is 15.4 Å². The van der Waals surface area contributed by atoms with E-state index < -0.39 is 0 Å². The molecular formula is C23H28N4OS. The first-order valence-corrected chi connectivity index (χ1v) is 10.6. The van der Waals surface area contributed by atoms with Crippen molar-refractivity contribution < 1.29 is 4.74 Å². The Morgan fingerprint density at radius 1 is 1.17 bits per heavy atom. The Hall–Kier alpha value is -2.86. The third-order valence-corrected chi connectivity index (χ3v) is 5.40. The molecule has 2 heterocycles. The molecule has 1 unspecified atom stereocenters. The average Bonchev–Trinajstić information content (AvgIpc) is 3.15. The third kappa shape index (κ3) is 6.91. The molecule has 0 amide bonds. The molecule has 0 aliphatic carbocycles. The number of guanidine groups is 1. The standard InChI is InChI=1S/C23H28N4OS/c1-17(13-22-11-10-18(2)29-22)27-23(24-3)26-15-19-7-6-9-21(14-19)28-16-20-8-4-5-12-25-20/h4-12,14,17H,13,15-16H2,1-3H3,(H2,24,26,27). The second-order valence-corrected chi connectivity index (χ2v) is 8.32. The summed E-state index contributed by atoms with van der Waals surface area (Å²) in [6, 6.07) is 18.6. The van der Waals surface area contributed by atoms with Crippen molar-refractivity contribution in [2.75, 3.05) is 7.05 Å². The number of hydrogen-bond acceptors (Lipinski definition) is 4. The topological polar surface area (TPSA) is 58.5 Å². The lowest BCUT2D eigenvalue weighted by Gasteiger charge is -2.17. The fourth-order valence-electron chi connectivity index (χ4n) is 2.95. The Morgan fingerprint density at radius 3 is 2.79 bits per heavy atom. The molecule has 2 N–H and O–H groups in total. The maximum atomic E-state index is 5.86. The lowest BCUT2D eigenvalue weighted by Crippen LogP contribution is -2.42. The number of aryl methyl sites for hydroxylation is 1. The Labute approximate surface area is 176 Å². The van der Waals surface area contributed by atoms with Gasteiger partial charge >= 0.3 is 0 Å². The molecule has 1 atom stereocenters. The fraction of sp³-hybridized carbons (Fsp3) is 0.304. The van der Waals surface area contributed by atoms with E-state index in [-0.39, 0.29) is 0 Å². The van der Waals surface area contributed by atoms with Crippen molar-refractivity contribution in [3.05, 3.63) is 81.8 Å². The van der Waals surface area contributed by atoms with E-state index in [1.165, 1.54) is 9.75 Å². The van der Waals surface area contributed by atoms with Gasteiger partial charge in [-0.1, -0.05) is 18.2 Å². The molecule has 0 bridgehead atoms. The number of aliphatic imine (C=N–C) groups is 1. The van der Waals surface area contributed by atoms with Gasteiger partial charge in [0.25, 0.3) is 0 Å². The van der Waals surface area contributed by atoms with Crippen molar-refractivity contribution >= 4 is 17.3 Å². The monoisotopic (exact) mass is 408 g/mol. The van der Waals surface area contributed by atoms with Crippen LogP contribution in [0.15, 0.2) is 65.8 Å². The van der Waals surface area contributed by atoms with Gasteiger partial charge in [-0.15, -0.1) is 11.3 Å². The molecule has 3 rings (SSSR count). The van der Waals surface area contributed by atoms with Crippen LogP contribution in [0.3, 0.4) is 0 Å². The summed E-state index contributed by atoms with van der Waals surface area (Å²) in [7, 11) is 1.80. The van der Waals surface area contributed by atoms with E-state index in [2.05, 4.69) is 52.7 Å². The summed E-state index contributed by atoms with van der Waals surface area (Å²) in [5, 5.41) is 6.84. The van der Waals surface area contributed by atoms with E-state index in [0.29, 0.717) is 19.2 Å². The highest BCUT2D eigenvalue weighted by molar-refractivity contribution is 7.11. The smallest absolute Gasteiger partial charge is 0.191 e. The molecule has 0 spiro atoms. The van der Waals surface area contributed by atoms with E-state index >= 15 is 0 Å². The number of nitrogens with one attached hydrogen (secondary N) is 2. The number of hydrogen-bond donors (Lipinski definition) is 2. The van der Waals surface area contributed by atoms with Crippen LogP contribution in [0, 0.1) is 6.92 Å². The van der Waals surface area contributed by atoms with Crippen LogP contribution in [0.5, 0.6) is 5.75 Å². The molecule has 0 saturated heterocycles. The highest BCUT2D eigenvalue weighted by atomic mass is 32.1. The normalized spacial score (nSPS) is 12.4. The molecule has 2 aromatic heterocycles. The summed E-state index contributed by atoms with van der Waals surface area (Å²) in [4.78, 5) is 11.4. The van der Waals surface area contributed by atoms with E-state index in [1.807, 2.05) is 47.7 Å². The predicted molar refractivity (Wildman–Crippen MR) is 121 cm³/mol. The van der Waals surface area contributed by atoms with Crippen molar-refractivity contribution in [3.63, 3.8) is 0 Å². The number of rotatable bonds is 8. The Balaban J connectivity index is 1.48. The summed E-state index contributed by atoms with van der Waals surface area (Å²) >= 11 is 1.85. The largest absolute Gasteiger partial charge is 0.487 e. The van der Waals surface area contributed by atoms with Crippen LogP contribution in [-0.4, -0.2) is 24.0 Å². The van der Waals surface area contributed by atoms with Crippen LogP contribution in [0.25, 0.3) is 0 Å². The number of pyridine rings is 1. The molecule has 29 heavy (non-hydrogen) atoms. The second kappa shape index (κ2) is 10.6. The number of nitrogens with zero attached hydrogens (tertiary/aromatic N) is 2. The lowest BCUT2D eigenvalue weighted by molar-refractivity contribution is 0.301. The molecule has 152 valence electrons. The molecule has 6 heteroatoms. The fourth-order valence-corrected chi connectivity index (χ4v) is 3.97. The molecule has 0 fully saturated rings. The zero-order chi connectivity index (χ0) is 20.5. The van der Waals surface area contributed by atoms with Crippen molar-refractivity contribution in [1.82, 2.24) is 15.6 Å². The molecular weight excluding hydrogens is 380 g/mol. The zero-order valence-corrected chi connectivity index (χ0v) is 18.0. The second-order valence-electron chi connectivity index (χ2n) is 6.94. The summed E-state index contributed by atoms with van der Waals surface area (Å²) in [5.41, 5.74) is 2.04. The van der Waals surface area contributed by atoms with Crippen molar-refractivity contribution in [2.45, 2.75) is 39.5 Å². The summed E-state index contributed by atoms with van der Waals surface area (Å²) in [5.74, 6) is 1.63. The summed E-state index contributed by atoms with van der Waals surface area (Å²) < 4.78 is 5.86. The number of benzene rings is 1. The van der Waals surface area contributed by atoms with Crippen LogP contribution >= 0.6 is 11.3 Å². The minimum atomic E-state index is 0.298. The minimum Gasteiger partial charge on any atom is -0.487 e. The number of thiophene rings is 1. The molecule has 5 nitrogen and oxygen atoms in total. The van der Waals surface area contributed by atoms with Crippen molar-refractivity contribution in [2.24, 2.45) is 4.99 Å². The minimum absolute atomic E-state index is 0.298. The summed E-state index contributed by atoms with van der Waals surface area (Å²) in [6.45, 7) is 5.45. The maximum Gasteiger partial charge on any atom is 0.191 e. The van der Waals surface area contributed by atoms with Gasteiger partial charge in [-0.05, 0) is 55.8 Å². The van der Waals surface area contributed by atoms with Gasteiger partial charge in [-0.3, -0.25) is 9.98 Å². The molecule has 1 aromatic carbocycles. The quantitative estimate of drug-likeness (QED) is 0.430. The Bertz CT molecular complexity index is 923. The first kappa shape index (κ1) is 20.9.